The molecule has 17 heavy (non-hydrogen) atoms. The maximum atomic E-state index is 13.7. The lowest BCUT2D eigenvalue weighted by atomic mass is 10.2. The summed E-state index contributed by atoms with van der Waals surface area (Å²) in [6.45, 7) is 2.37. The van der Waals surface area contributed by atoms with Crippen molar-refractivity contribution in [2.45, 2.75) is 0 Å². The van der Waals surface area contributed by atoms with Crippen LogP contribution in [0, 0.1) is 5.82 Å². The molecule has 0 unspecified atom stereocenters. The standard InChI is InChI=1S/C11H12BrFN2O2/c12-9-3-1-2-8(10(9)13)11(16)14-15-4-6-17-7-5-15/h1-3H,4-7H2,(H,14,16). The number of benzene rings is 1. The van der Waals surface area contributed by atoms with Crippen molar-refractivity contribution in [2.24, 2.45) is 0 Å². The van der Waals surface area contributed by atoms with Crippen molar-refractivity contribution in [1.29, 1.82) is 0 Å². The number of nitrogens with zero attached hydrogens (tertiary/aromatic N) is 1. The molecular formula is C11H12BrFN2O2. The van der Waals surface area contributed by atoms with Gasteiger partial charge in [-0.05, 0) is 28.1 Å². The van der Waals surface area contributed by atoms with Crippen LogP contribution >= 0.6 is 15.9 Å². The van der Waals surface area contributed by atoms with Crippen LogP contribution in [0.2, 0.25) is 0 Å². The number of hydrogen-bond acceptors (Lipinski definition) is 3. The van der Waals surface area contributed by atoms with Crippen LogP contribution in [-0.2, 0) is 4.74 Å². The minimum atomic E-state index is -0.543. The summed E-state index contributed by atoms with van der Waals surface area (Å²) in [6.07, 6.45) is 0. The Morgan fingerprint density at radius 3 is 2.82 bits per heavy atom. The average molecular weight is 303 g/mol. The van der Waals surface area contributed by atoms with Crippen LogP contribution in [-0.4, -0.2) is 37.2 Å². The van der Waals surface area contributed by atoms with Crippen molar-refractivity contribution in [3.05, 3.63) is 34.1 Å². The third-order valence-electron chi connectivity index (χ3n) is 2.47. The highest BCUT2D eigenvalue weighted by Crippen LogP contribution is 2.18. The zero-order valence-corrected chi connectivity index (χ0v) is 10.7. The number of amides is 1. The highest BCUT2D eigenvalue weighted by molar-refractivity contribution is 9.10. The summed E-state index contributed by atoms with van der Waals surface area (Å²) in [5.74, 6) is -0.982. The topological polar surface area (TPSA) is 41.6 Å². The van der Waals surface area contributed by atoms with Crippen LogP contribution in [0.4, 0.5) is 4.39 Å². The molecule has 1 aliphatic rings. The summed E-state index contributed by atoms with van der Waals surface area (Å²) in [5.41, 5.74) is 2.69. The van der Waals surface area contributed by atoms with E-state index in [2.05, 4.69) is 21.4 Å². The smallest absolute Gasteiger partial charge is 0.268 e. The van der Waals surface area contributed by atoms with Crippen LogP contribution in [0.1, 0.15) is 10.4 Å². The van der Waals surface area contributed by atoms with Gasteiger partial charge in [0.25, 0.3) is 5.91 Å². The Morgan fingerprint density at radius 2 is 2.12 bits per heavy atom. The maximum Gasteiger partial charge on any atom is 0.268 e. The van der Waals surface area contributed by atoms with Gasteiger partial charge in [-0.3, -0.25) is 10.2 Å². The molecule has 0 atom stereocenters. The summed E-state index contributed by atoms with van der Waals surface area (Å²) in [4.78, 5) is 11.8. The van der Waals surface area contributed by atoms with Gasteiger partial charge in [-0.25, -0.2) is 9.40 Å². The van der Waals surface area contributed by atoms with E-state index >= 15 is 0 Å². The largest absolute Gasteiger partial charge is 0.379 e. The van der Waals surface area contributed by atoms with Gasteiger partial charge in [0.15, 0.2) is 0 Å². The SMILES string of the molecule is O=C(NN1CCOCC1)c1cccc(Br)c1F. The van der Waals surface area contributed by atoms with E-state index in [-0.39, 0.29) is 10.0 Å². The Hall–Kier alpha value is -0.980. The van der Waals surface area contributed by atoms with Gasteiger partial charge >= 0.3 is 0 Å². The number of rotatable bonds is 2. The fourth-order valence-electron chi connectivity index (χ4n) is 1.56. The number of carbonyl (C=O) groups is 1. The molecule has 0 aliphatic carbocycles. The number of ether oxygens (including phenoxy) is 1. The van der Waals surface area contributed by atoms with E-state index in [1.807, 2.05) is 0 Å². The molecule has 1 aromatic carbocycles. The molecule has 1 aliphatic heterocycles. The second-order valence-electron chi connectivity index (χ2n) is 3.64. The molecule has 1 saturated heterocycles. The third-order valence-corrected chi connectivity index (χ3v) is 3.08. The molecule has 4 nitrogen and oxygen atoms in total. The van der Waals surface area contributed by atoms with Crippen LogP contribution in [0.3, 0.4) is 0 Å². The quantitative estimate of drug-likeness (QED) is 0.901. The first kappa shape index (κ1) is 12.5. The van der Waals surface area contributed by atoms with Crippen molar-refractivity contribution < 1.29 is 13.9 Å². The minimum absolute atomic E-state index is 0.0332. The minimum Gasteiger partial charge on any atom is -0.379 e. The predicted octanol–water partition coefficient (Wildman–Crippen LogP) is 1.57. The van der Waals surface area contributed by atoms with Gasteiger partial charge in [0, 0.05) is 13.1 Å². The van der Waals surface area contributed by atoms with E-state index < -0.39 is 11.7 Å². The fraction of sp³-hybridized carbons (Fsp3) is 0.364. The monoisotopic (exact) mass is 302 g/mol. The van der Waals surface area contributed by atoms with Gasteiger partial charge in [-0.15, -0.1) is 0 Å². The van der Waals surface area contributed by atoms with Crippen LogP contribution in [0.5, 0.6) is 0 Å². The summed E-state index contributed by atoms with van der Waals surface area (Å²) in [6, 6.07) is 4.64. The van der Waals surface area contributed by atoms with Crippen LogP contribution < -0.4 is 5.43 Å². The molecule has 1 heterocycles. The fourth-order valence-corrected chi connectivity index (χ4v) is 1.92. The molecular weight excluding hydrogens is 291 g/mol. The number of halogens is 2. The summed E-state index contributed by atoms with van der Waals surface area (Å²) in [5, 5.41) is 1.73. The molecule has 1 N–H and O–H groups in total. The average Bonchev–Trinajstić information content (AvgIpc) is 2.34. The third kappa shape index (κ3) is 3.02. The Bertz CT molecular complexity index is 422. The molecule has 1 amide bonds. The molecule has 2 rings (SSSR count). The molecule has 1 fully saturated rings. The summed E-state index contributed by atoms with van der Waals surface area (Å²) in [7, 11) is 0. The lowest BCUT2D eigenvalue weighted by Gasteiger charge is -2.26. The first-order valence-corrected chi connectivity index (χ1v) is 6.05. The van der Waals surface area contributed by atoms with E-state index in [1.54, 1.807) is 17.1 Å². The van der Waals surface area contributed by atoms with Crippen molar-refractivity contribution in [3.8, 4) is 0 Å². The highest BCUT2D eigenvalue weighted by atomic mass is 79.9. The highest BCUT2D eigenvalue weighted by Gasteiger charge is 2.17. The number of morpholine rings is 1. The Labute approximate surface area is 107 Å². The van der Waals surface area contributed by atoms with E-state index in [1.165, 1.54) is 6.07 Å². The Kier molecular flexibility index (Phi) is 4.09. The molecule has 92 valence electrons. The predicted molar refractivity (Wildman–Crippen MR) is 64.0 cm³/mol. The Balaban J connectivity index is 2.06. The molecule has 1 aromatic rings. The zero-order chi connectivity index (χ0) is 12.3. The normalized spacial score (nSPS) is 16.8. The lowest BCUT2D eigenvalue weighted by Crippen LogP contribution is -2.48. The molecule has 0 spiro atoms. The first-order chi connectivity index (χ1) is 8.18. The van der Waals surface area contributed by atoms with Gasteiger partial charge in [0.05, 0.1) is 23.2 Å². The molecule has 6 heteroatoms. The van der Waals surface area contributed by atoms with Gasteiger partial charge in [-0.2, -0.15) is 0 Å². The van der Waals surface area contributed by atoms with Crippen molar-refractivity contribution in [1.82, 2.24) is 10.4 Å². The van der Waals surface area contributed by atoms with Gasteiger partial charge < -0.3 is 4.74 Å². The molecule has 0 aromatic heterocycles. The van der Waals surface area contributed by atoms with Gasteiger partial charge in [0.1, 0.15) is 5.82 Å². The van der Waals surface area contributed by atoms with Crippen molar-refractivity contribution in [2.75, 3.05) is 26.3 Å². The maximum absolute atomic E-state index is 13.7. The van der Waals surface area contributed by atoms with E-state index in [4.69, 9.17) is 4.74 Å². The summed E-state index contributed by atoms with van der Waals surface area (Å²) < 4.78 is 19.1. The van der Waals surface area contributed by atoms with E-state index in [0.29, 0.717) is 26.3 Å². The number of carbonyl (C=O) groups excluding carboxylic acids is 1. The molecule has 0 saturated carbocycles. The number of hydrazine groups is 1. The van der Waals surface area contributed by atoms with Crippen LogP contribution in [0.15, 0.2) is 22.7 Å². The number of hydrogen-bond donors (Lipinski definition) is 1. The van der Waals surface area contributed by atoms with E-state index in [0.717, 1.165) is 0 Å². The Morgan fingerprint density at radius 1 is 1.41 bits per heavy atom. The van der Waals surface area contributed by atoms with E-state index in [9.17, 15) is 9.18 Å². The van der Waals surface area contributed by atoms with Crippen molar-refractivity contribution >= 4 is 21.8 Å². The van der Waals surface area contributed by atoms with Crippen LogP contribution in [0.25, 0.3) is 0 Å². The van der Waals surface area contributed by atoms with Gasteiger partial charge in [-0.1, -0.05) is 6.07 Å². The second-order valence-corrected chi connectivity index (χ2v) is 4.50. The lowest BCUT2D eigenvalue weighted by molar-refractivity contribution is 0.0125. The first-order valence-electron chi connectivity index (χ1n) is 5.26. The molecule has 0 bridgehead atoms. The molecule has 0 radical (unpaired) electrons. The zero-order valence-electron chi connectivity index (χ0n) is 9.08. The number of nitrogens with one attached hydrogen (secondary N) is 1. The van der Waals surface area contributed by atoms with Crippen molar-refractivity contribution in [3.63, 3.8) is 0 Å². The van der Waals surface area contributed by atoms with Gasteiger partial charge in [0.2, 0.25) is 0 Å². The summed E-state index contributed by atoms with van der Waals surface area (Å²) >= 11 is 3.05. The second kappa shape index (κ2) is 5.57.